The molecule has 0 saturated carbocycles. The number of hydrogen-bond acceptors (Lipinski definition) is 3. The zero-order chi connectivity index (χ0) is 12.0. The van der Waals surface area contributed by atoms with E-state index in [9.17, 15) is 9.18 Å². The molecule has 0 N–H and O–H groups in total. The summed E-state index contributed by atoms with van der Waals surface area (Å²) in [6.45, 7) is 0. The molecule has 0 fully saturated rings. The van der Waals surface area contributed by atoms with Crippen molar-refractivity contribution in [3.05, 3.63) is 35.7 Å². The highest BCUT2D eigenvalue weighted by molar-refractivity contribution is 5.72. The summed E-state index contributed by atoms with van der Waals surface area (Å²) in [5.74, 6) is -0.152. The third-order valence-corrected chi connectivity index (χ3v) is 2.01. The molecule has 0 bridgehead atoms. The minimum Gasteiger partial charge on any atom is -0.497 e. The monoisotopic (exact) mass is 224 g/mol. The highest BCUT2D eigenvalue weighted by Crippen LogP contribution is 2.17. The van der Waals surface area contributed by atoms with Crippen molar-refractivity contribution in [1.29, 1.82) is 0 Å². The molecule has 0 spiro atoms. The molecule has 86 valence electrons. The Labute approximate surface area is 93.5 Å². The minimum absolute atomic E-state index is 0.118. The van der Waals surface area contributed by atoms with Crippen LogP contribution in [0.1, 0.15) is 12.0 Å². The zero-order valence-electron chi connectivity index (χ0n) is 9.20. The van der Waals surface area contributed by atoms with Crippen molar-refractivity contribution >= 4 is 12.0 Å². The van der Waals surface area contributed by atoms with E-state index in [0.29, 0.717) is 11.3 Å². The molecule has 0 aliphatic heterocycles. The number of carbonyl (C=O) groups is 1. The lowest BCUT2D eigenvalue weighted by Crippen LogP contribution is -1.96. The lowest BCUT2D eigenvalue weighted by Gasteiger charge is -2.01. The first-order chi connectivity index (χ1) is 7.67. The van der Waals surface area contributed by atoms with Crippen LogP contribution >= 0.6 is 0 Å². The van der Waals surface area contributed by atoms with Gasteiger partial charge in [0.05, 0.1) is 20.6 Å². The second kappa shape index (κ2) is 5.90. The Bertz CT molecular complexity index is 399. The molecule has 4 heteroatoms. The van der Waals surface area contributed by atoms with Crippen molar-refractivity contribution in [2.24, 2.45) is 0 Å². The summed E-state index contributed by atoms with van der Waals surface area (Å²) in [5, 5.41) is 0. The smallest absolute Gasteiger partial charge is 0.309 e. The third-order valence-electron chi connectivity index (χ3n) is 2.01. The number of hydrogen-bond donors (Lipinski definition) is 0. The Morgan fingerprint density at radius 1 is 1.44 bits per heavy atom. The van der Waals surface area contributed by atoms with Crippen LogP contribution in [0.5, 0.6) is 5.75 Å². The first-order valence-corrected chi connectivity index (χ1v) is 4.74. The van der Waals surface area contributed by atoms with Crippen LogP contribution in [0, 0.1) is 5.82 Å². The molecular formula is C12H13FO3. The highest BCUT2D eigenvalue weighted by Gasteiger charge is 2.01. The van der Waals surface area contributed by atoms with E-state index in [0.717, 1.165) is 0 Å². The molecule has 0 unspecified atom stereocenters. The van der Waals surface area contributed by atoms with Gasteiger partial charge in [0.25, 0.3) is 0 Å². The molecule has 0 amide bonds. The van der Waals surface area contributed by atoms with Crippen LogP contribution in [-0.4, -0.2) is 20.2 Å². The first kappa shape index (κ1) is 12.2. The Morgan fingerprint density at radius 2 is 2.19 bits per heavy atom. The molecule has 1 aromatic carbocycles. The van der Waals surface area contributed by atoms with Crippen LogP contribution in [0.4, 0.5) is 4.39 Å². The topological polar surface area (TPSA) is 35.5 Å². The molecule has 3 nitrogen and oxygen atoms in total. The van der Waals surface area contributed by atoms with E-state index in [1.54, 1.807) is 12.1 Å². The molecule has 0 radical (unpaired) electrons. The number of carbonyl (C=O) groups excluding carboxylic acids is 1. The summed E-state index contributed by atoms with van der Waals surface area (Å²) in [7, 11) is 2.82. The van der Waals surface area contributed by atoms with Crippen LogP contribution < -0.4 is 4.74 Å². The van der Waals surface area contributed by atoms with E-state index in [1.165, 1.54) is 32.4 Å². The Kier molecular flexibility index (Phi) is 4.51. The van der Waals surface area contributed by atoms with Crippen molar-refractivity contribution < 1.29 is 18.7 Å². The van der Waals surface area contributed by atoms with Crippen LogP contribution in [0.25, 0.3) is 6.08 Å². The molecule has 1 aromatic rings. The summed E-state index contributed by atoms with van der Waals surface area (Å²) in [6, 6.07) is 4.41. The van der Waals surface area contributed by atoms with Gasteiger partial charge in [0, 0.05) is 5.56 Å². The van der Waals surface area contributed by atoms with Gasteiger partial charge in [-0.1, -0.05) is 12.2 Å². The first-order valence-electron chi connectivity index (χ1n) is 4.74. The standard InChI is InChI=1S/C12H13FO3/c1-15-10-6-7-11(13)9(8-10)4-3-5-12(14)16-2/h3-4,6-8H,5H2,1-2H3. The van der Waals surface area contributed by atoms with Gasteiger partial charge in [0.1, 0.15) is 11.6 Å². The molecule has 1 rings (SSSR count). The maximum atomic E-state index is 13.3. The van der Waals surface area contributed by atoms with Crippen molar-refractivity contribution in [2.45, 2.75) is 6.42 Å². The fraction of sp³-hybridized carbons (Fsp3) is 0.250. The number of esters is 1. The summed E-state index contributed by atoms with van der Waals surface area (Å²) in [5.41, 5.74) is 0.378. The number of ether oxygens (including phenoxy) is 2. The predicted octanol–water partition coefficient (Wildman–Crippen LogP) is 2.41. The van der Waals surface area contributed by atoms with Crippen molar-refractivity contribution in [3.8, 4) is 5.75 Å². The molecule has 0 aromatic heterocycles. The van der Waals surface area contributed by atoms with Crippen LogP contribution in [0.15, 0.2) is 24.3 Å². The van der Waals surface area contributed by atoms with E-state index < -0.39 is 0 Å². The second-order valence-corrected chi connectivity index (χ2v) is 3.07. The van der Waals surface area contributed by atoms with Gasteiger partial charge in [0.15, 0.2) is 0 Å². The Morgan fingerprint density at radius 3 is 2.81 bits per heavy atom. The normalized spacial score (nSPS) is 10.4. The zero-order valence-corrected chi connectivity index (χ0v) is 9.20. The fourth-order valence-corrected chi connectivity index (χ4v) is 1.14. The van der Waals surface area contributed by atoms with Crippen molar-refractivity contribution in [1.82, 2.24) is 0 Å². The average molecular weight is 224 g/mol. The van der Waals surface area contributed by atoms with Gasteiger partial charge in [-0.25, -0.2) is 4.39 Å². The maximum Gasteiger partial charge on any atom is 0.309 e. The van der Waals surface area contributed by atoms with E-state index >= 15 is 0 Å². The summed E-state index contributed by atoms with van der Waals surface area (Å²) in [6.07, 6.45) is 3.19. The van der Waals surface area contributed by atoms with Crippen molar-refractivity contribution in [2.75, 3.05) is 14.2 Å². The molecular weight excluding hydrogens is 211 g/mol. The third kappa shape index (κ3) is 3.38. The predicted molar refractivity (Wildman–Crippen MR) is 58.6 cm³/mol. The second-order valence-electron chi connectivity index (χ2n) is 3.07. The van der Waals surface area contributed by atoms with Gasteiger partial charge in [-0.3, -0.25) is 4.79 Å². The molecule has 0 atom stereocenters. The molecule has 0 aliphatic rings. The molecule has 16 heavy (non-hydrogen) atoms. The number of halogens is 1. The van der Waals surface area contributed by atoms with Gasteiger partial charge in [-0.15, -0.1) is 0 Å². The molecule has 0 aliphatic carbocycles. The van der Waals surface area contributed by atoms with Crippen LogP contribution in [0.2, 0.25) is 0 Å². The van der Waals surface area contributed by atoms with Gasteiger partial charge >= 0.3 is 5.97 Å². The summed E-state index contributed by atoms with van der Waals surface area (Å²) >= 11 is 0. The van der Waals surface area contributed by atoms with Gasteiger partial charge < -0.3 is 9.47 Å². The average Bonchev–Trinajstić information content (AvgIpc) is 2.31. The quantitative estimate of drug-likeness (QED) is 0.737. The van der Waals surface area contributed by atoms with Crippen LogP contribution in [0.3, 0.4) is 0 Å². The van der Waals surface area contributed by atoms with Gasteiger partial charge in [0.2, 0.25) is 0 Å². The van der Waals surface area contributed by atoms with E-state index in [-0.39, 0.29) is 18.2 Å². The number of benzene rings is 1. The minimum atomic E-state index is -0.362. The Balaban J connectivity index is 2.75. The lowest BCUT2D eigenvalue weighted by molar-refractivity contribution is -0.139. The largest absolute Gasteiger partial charge is 0.497 e. The van der Waals surface area contributed by atoms with Crippen LogP contribution in [-0.2, 0) is 9.53 Å². The lowest BCUT2D eigenvalue weighted by atomic mass is 10.2. The Hall–Kier alpha value is -1.84. The SMILES string of the molecule is COC(=O)CC=Cc1cc(OC)ccc1F. The van der Waals surface area contributed by atoms with Crippen molar-refractivity contribution in [3.63, 3.8) is 0 Å². The maximum absolute atomic E-state index is 13.3. The van der Waals surface area contributed by atoms with E-state index in [2.05, 4.69) is 4.74 Å². The van der Waals surface area contributed by atoms with Gasteiger partial charge in [-0.2, -0.15) is 0 Å². The van der Waals surface area contributed by atoms with E-state index in [1.807, 2.05) is 0 Å². The summed E-state index contributed by atoms with van der Waals surface area (Å²) in [4.78, 5) is 10.8. The number of methoxy groups -OCH3 is 2. The van der Waals surface area contributed by atoms with E-state index in [4.69, 9.17) is 4.74 Å². The highest BCUT2D eigenvalue weighted by atomic mass is 19.1. The van der Waals surface area contributed by atoms with Gasteiger partial charge in [-0.05, 0) is 18.2 Å². The molecule has 0 heterocycles. The fourth-order valence-electron chi connectivity index (χ4n) is 1.14. The summed E-state index contributed by atoms with van der Waals surface area (Å²) < 4.78 is 22.7. The number of rotatable bonds is 4. The molecule has 0 saturated heterocycles.